The second kappa shape index (κ2) is 9.13. The Morgan fingerprint density at radius 1 is 0.657 bits per heavy atom. The van der Waals surface area contributed by atoms with Crippen LogP contribution in [0.5, 0.6) is 0 Å². The molecule has 0 radical (unpaired) electrons. The zero-order valence-corrected chi connectivity index (χ0v) is 24.6. The second-order valence-corrected chi connectivity index (χ2v) is 41.9. The molecule has 0 aliphatic heterocycles. The first-order valence-electron chi connectivity index (χ1n) is 11.7. The Balaban J connectivity index is 1.61. The quantitative estimate of drug-likeness (QED) is 0.197. The molecule has 6 rings (SSSR count). The van der Waals surface area contributed by atoms with Crippen LogP contribution in [0.4, 0.5) is 0 Å². The predicted octanol–water partition coefficient (Wildman–Crippen LogP) is 9.62. The molecule has 0 fully saturated rings. The molecule has 3 unspecified atom stereocenters. The third-order valence-corrected chi connectivity index (χ3v) is 34.6. The average Bonchev–Trinajstić information content (AvgIpc) is 3.48. The normalized spacial score (nSPS) is 19.9. The average molecular weight is 612 g/mol. The van der Waals surface area contributed by atoms with E-state index in [9.17, 15) is 0 Å². The molecule has 0 nitrogen and oxygen atoms in total. The van der Waals surface area contributed by atoms with E-state index in [1.807, 2.05) is 12.1 Å². The summed E-state index contributed by atoms with van der Waals surface area (Å²) in [5.74, 6) is 0.344. The van der Waals surface area contributed by atoms with E-state index in [-0.39, 0.29) is 7.25 Å². The number of allylic oxidation sites excluding steroid dienone is 2. The summed E-state index contributed by atoms with van der Waals surface area (Å²) in [7, 11) is 16.5. The van der Waals surface area contributed by atoms with Gasteiger partial charge in [-0.15, -0.1) is 0 Å². The Labute approximate surface area is 220 Å². The number of hydrogen-bond donors (Lipinski definition) is 0. The monoisotopic (exact) mass is 609 g/mol. The van der Waals surface area contributed by atoms with Gasteiger partial charge in [0, 0.05) is 0 Å². The van der Waals surface area contributed by atoms with E-state index in [0.717, 1.165) is 10.6 Å². The van der Waals surface area contributed by atoms with Crippen LogP contribution >= 0.6 is 34.5 Å². The van der Waals surface area contributed by atoms with Gasteiger partial charge in [-0.25, -0.2) is 0 Å². The van der Waals surface area contributed by atoms with Gasteiger partial charge in [0.15, 0.2) is 0 Å². The molecule has 0 saturated carbocycles. The Bertz CT molecular complexity index is 1480. The van der Waals surface area contributed by atoms with Crippen molar-refractivity contribution in [3.63, 3.8) is 0 Å². The Morgan fingerprint density at radius 3 is 2.03 bits per heavy atom. The maximum atomic E-state index is 8.24. The molecule has 2 aliphatic carbocycles. The van der Waals surface area contributed by atoms with Crippen molar-refractivity contribution >= 4 is 57.5 Å². The molecule has 0 aromatic heterocycles. The van der Waals surface area contributed by atoms with Crippen LogP contribution < -0.4 is 5.30 Å². The van der Waals surface area contributed by atoms with Gasteiger partial charge in [0.05, 0.1) is 0 Å². The van der Waals surface area contributed by atoms with Gasteiger partial charge in [-0.1, -0.05) is 0 Å². The zero-order chi connectivity index (χ0) is 24.1. The topological polar surface area (TPSA) is 0 Å². The fraction of sp³-hybridized carbons (Fsp3) is 0.0667. The molecule has 5 heteroatoms. The molecule has 173 valence electrons. The summed E-state index contributed by atoms with van der Waals surface area (Å²) in [6.07, 6.45) is 6.79. The summed E-state index contributed by atoms with van der Waals surface area (Å²) in [6.45, 7) is 0. The van der Waals surface area contributed by atoms with E-state index in [1.165, 1.54) is 33.1 Å². The SMILES string of the molecule is Clc1ccc(C2=Cc3ccccc3[CH]2[Zr]([Cl])([Cl])([PH]c2ccccc2)[CH]2C=Cc3ccccc32)cc1. The van der Waals surface area contributed by atoms with Crippen LogP contribution in [0, 0.1) is 0 Å². The van der Waals surface area contributed by atoms with Crippen LogP contribution in [0.15, 0.2) is 109 Å². The minimum absolute atomic E-state index is 0.0152. The Kier molecular flexibility index (Phi) is 6.24. The van der Waals surface area contributed by atoms with E-state index in [0.29, 0.717) is 5.87 Å². The first-order valence-corrected chi connectivity index (χ1v) is 25.9. The van der Waals surface area contributed by atoms with Gasteiger partial charge in [0.25, 0.3) is 0 Å². The first-order chi connectivity index (χ1) is 16.9. The molecule has 0 spiro atoms. The van der Waals surface area contributed by atoms with Gasteiger partial charge in [-0.2, -0.15) is 0 Å². The number of halogens is 3. The van der Waals surface area contributed by atoms with Crippen LogP contribution in [0.2, 0.25) is 5.02 Å². The van der Waals surface area contributed by atoms with E-state index >= 15 is 0 Å². The number of rotatable bonds is 5. The van der Waals surface area contributed by atoms with Crippen molar-refractivity contribution in [2.45, 2.75) is 7.25 Å². The summed E-state index contributed by atoms with van der Waals surface area (Å²) < 4.78 is -0.0298. The summed E-state index contributed by atoms with van der Waals surface area (Å²) in [6, 6.07) is 35.8. The molecule has 0 amide bonds. The van der Waals surface area contributed by atoms with Gasteiger partial charge in [-0.05, 0) is 0 Å². The Hall–Kier alpha value is -1.46. The van der Waals surface area contributed by atoms with Crippen LogP contribution in [0.1, 0.15) is 35.1 Å². The fourth-order valence-corrected chi connectivity index (χ4v) is 34.8. The van der Waals surface area contributed by atoms with Crippen molar-refractivity contribution < 1.29 is 15.8 Å². The van der Waals surface area contributed by atoms with Crippen LogP contribution in [0.3, 0.4) is 0 Å². The molecular weight excluding hydrogens is 589 g/mol. The predicted molar refractivity (Wildman–Crippen MR) is 153 cm³/mol. The third kappa shape index (κ3) is 4.15. The fourth-order valence-electron chi connectivity index (χ4n) is 5.62. The second-order valence-electron chi connectivity index (χ2n) is 9.28. The minimum atomic E-state index is -4.84. The molecule has 4 aromatic carbocycles. The van der Waals surface area contributed by atoms with Crippen LogP contribution in [0.25, 0.3) is 17.7 Å². The third-order valence-electron chi connectivity index (χ3n) is 7.16. The molecular formula is C30H23Cl3PZr. The zero-order valence-electron chi connectivity index (χ0n) is 18.8. The first kappa shape index (κ1) is 23.9. The van der Waals surface area contributed by atoms with Crippen molar-refractivity contribution in [3.05, 3.63) is 142 Å². The summed E-state index contributed by atoms with van der Waals surface area (Å²) in [5.41, 5.74) is 7.27. The van der Waals surface area contributed by atoms with E-state index in [4.69, 9.17) is 28.6 Å². The van der Waals surface area contributed by atoms with Gasteiger partial charge in [0.2, 0.25) is 0 Å². The van der Waals surface area contributed by atoms with E-state index in [2.05, 4.69) is 109 Å². The van der Waals surface area contributed by atoms with Gasteiger partial charge in [0.1, 0.15) is 0 Å². The van der Waals surface area contributed by atoms with Gasteiger partial charge in [-0.3, -0.25) is 0 Å². The van der Waals surface area contributed by atoms with Crippen molar-refractivity contribution in [2.75, 3.05) is 0 Å². The summed E-state index contributed by atoms with van der Waals surface area (Å²) >= 11 is 1.42. The molecule has 2 aliphatic rings. The number of hydrogen-bond acceptors (Lipinski definition) is 0. The van der Waals surface area contributed by atoms with Crippen molar-refractivity contribution in [1.82, 2.24) is 0 Å². The molecule has 4 aromatic rings. The molecule has 0 heterocycles. The molecule has 0 bridgehead atoms. The number of fused-ring (bicyclic) bond motifs is 2. The maximum absolute atomic E-state index is 8.24. The summed E-state index contributed by atoms with van der Waals surface area (Å²) in [5, 5.41) is 1.95. The Morgan fingerprint density at radius 2 is 1.29 bits per heavy atom. The van der Waals surface area contributed by atoms with Gasteiger partial charge < -0.3 is 0 Å². The van der Waals surface area contributed by atoms with Crippen LogP contribution in [-0.2, 0) is 15.8 Å². The van der Waals surface area contributed by atoms with Crippen molar-refractivity contribution in [1.29, 1.82) is 0 Å². The molecule has 0 saturated heterocycles. The molecule has 35 heavy (non-hydrogen) atoms. The van der Waals surface area contributed by atoms with Crippen LogP contribution in [-0.4, -0.2) is 0 Å². The van der Waals surface area contributed by atoms with E-state index < -0.39 is 15.8 Å². The number of benzene rings is 4. The summed E-state index contributed by atoms with van der Waals surface area (Å²) in [4.78, 5) is 0. The standard InChI is InChI=1S/C15H10Cl.C9H7.C6H6P.2ClH.Zr/c16-15-7-5-11(6-8-15)14-9-12-3-1-2-4-13(12)10-14;1-2-5-9-7-3-6-8(9)4-1;7-6-4-2-1-3-5-6;;;/h1-10H;1-7H;1-5,7H;2*1H;/q;;-1;;;+3/p-2. The van der Waals surface area contributed by atoms with Crippen molar-refractivity contribution in [2.24, 2.45) is 0 Å². The van der Waals surface area contributed by atoms with Gasteiger partial charge >= 0.3 is 223 Å². The van der Waals surface area contributed by atoms with Crippen molar-refractivity contribution in [3.8, 4) is 0 Å². The van der Waals surface area contributed by atoms with E-state index in [1.54, 1.807) is 0 Å². The molecule has 0 N–H and O–H groups in total. The molecule has 3 atom stereocenters.